The second-order valence-corrected chi connectivity index (χ2v) is 6.46. The van der Waals surface area contributed by atoms with Gasteiger partial charge in [0.15, 0.2) is 0 Å². The molecule has 1 aliphatic carbocycles. The van der Waals surface area contributed by atoms with Crippen LogP contribution in [0.3, 0.4) is 0 Å². The number of ether oxygens (including phenoxy) is 1. The van der Waals surface area contributed by atoms with Crippen LogP contribution in [0.5, 0.6) is 0 Å². The zero-order valence-electron chi connectivity index (χ0n) is 12.5. The third kappa shape index (κ3) is 2.47. The Bertz CT molecular complexity index is 690. The zero-order valence-corrected chi connectivity index (χ0v) is 12.5. The molecule has 1 aromatic carbocycles. The Hall–Kier alpha value is -1.95. The van der Waals surface area contributed by atoms with E-state index in [0.717, 1.165) is 24.8 Å². The number of hydrogen-bond acceptors (Lipinski definition) is 4. The Morgan fingerprint density at radius 3 is 2.91 bits per heavy atom. The van der Waals surface area contributed by atoms with Crippen LogP contribution >= 0.6 is 0 Å². The molecule has 6 heteroatoms. The van der Waals surface area contributed by atoms with Crippen molar-refractivity contribution in [3.63, 3.8) is 0 Å². The fourth-order valence-corrected chi connectivity index (χ4v) is 3.73. The summed E-state index contributed by atoms with van der Waals surface area (Å²) in [6.45, 7) is 0.623. The van der Waals surface area contributed by atoms with E-state index in [9.17, 15) is 4.79 Å². The topological polar surface area (TPSA) is 79.9 Å². The second-order valence-electron chi connectivity index (χ2n) is 6.46. The van der Waals surface area contributed by atoms with Crippen molar-refractivity contribution in [2.45, 2.75) is 50.2 Å². The van der Waals surface area contributed by atoms with Gasteiger partial charge in [0.25, 0.3) is 5.91 Å². The molecule has 1 amide bonds. The number of carbonyl (C=O) groups excluding carboxylic acids is 1. The maximum Gasteiger partial charge on any atom is 0.251 e. The first-order valence-electron chi connectivity index (χ1n) is 8.00. The van der Waals surface area contributed by atoms with Crippen LogP contribution in [0.1, 0.15) is 48.9 Å². The molecule has 22 heavy (non-hydrogen) atoms. The summed E-state index contributed by atoms with van der Waals surface area (Å²) in [4.78, 5) is 12.4. The van der Waals surface area contributed by atoms with Gasteiger partial charge in [-0.1, -0.05) is 19.3 Å². The molecule has 1 atom stereocenters. The molecule has 2 heterocycles. The van der Waals surface area contributed by atoms with Crippen molar-refractivity contribution in [1.29, 1.82) is 0 Å². The molecule has 0 unspecified atom stereocenters. The summed E-state index contributed by atoms with van der Waals surface area (Å²) in [6.07, 6.45) is 6.98. The van der Waals surface area contributed by atoms with Gasteiger partial charge in [-0.25, -0.2) is 0 Å². The summed E-state index contributed by atoms with van der Waals surface area (Å²) in [6, 6.07) is 5.47. The predicted octanol–water partition coefficient (Wildman–Crippen LogP) is 2.18. The number of fused-ring (bicyclic) bond motifs is 1. The van der Waals surface area contributed by atoms with Crippen molar-refractivity contribution >= 4 is 16.9 Å². The maximum absolute atomic E-state index is 12.4. The molecule has 0 bridgehead atoms. The monoisotopic (exact) mass is 300 g/mol. The van der Waals surface area contributed by atoms with E-state index in [1.807, 2.05) is 6.07 Å². The summed E-state index contributed by atoms with van der Waals surface area (Å²) < 4.78 is 6.05. The van der Waals surface area contributed by atoms with E-state index in [1.54, 1.807) is 12.1 Å². The lowest BCUT2D eigenvalue weighted by molar-refractivity contribution is -0.0246. The molecule has 1 aliphatic heterocycles. The Balaban J connectivity index is 1.43. The van der Waals surface area contributed by atoms with E-state index in [4.69, 9.17) is 4.74 Å². The molecule has 1 aromatic heterocycles. The van der Waals surface area contributed by atoms with Crippen molar-refractivity contribution in [2.75, 3.05) is 6.61 Å². The van der Waals surface area contributed by atoms with Gasteiger partial charge in [0, 0.05) is 5.56 Å². The highest BCUT2D eigenvalue weighted by Gasteiger charge is 2.41. The first kappa shape index (κ1) is 13.7. The van der Waals surface area contributed by atoms with Gasteiger partial charge in [0.1, 0.15) is 11.0 Å². The summed E-state index contributed by atoms with van der Waals surface area (Å²) >= 11 is 0. The number of nitrogens with zero attached hydrogens (tertiary/aromatic N) is 2. The highest BCUT2D eigenvalue weighted by molar-refractivity contribution is 5.97. The van der Waals surface area contributed by atoms with E-state index in [-0.39, 0.29) is 17.6 Å². The largest absolute Gasteiger partial charge is 0.373 e. The van der Waals surface area contributed by atoms with Crippen LogP contribution in [-0.2, 0) is 4.74 Å². The molecule has 2 aromatic rings. The highest BCUT2D eigenvalue weighted by Crippen LogP contribution is 2.39. The molecule has 0 radical (unpaired) electrons. The molecule has 2 aliphatic rings. The number of amides is 1. The average Bonchev–Trinajstić information content (AvgIpc) is 3.15. The molecule has 2 N–H and O–H groups in total. The van der Waals surface area contributed by atoms with Crippen molar-refractivity contribution in [3.8, 4) is 0 Å². The number of aromatic amines is 1. The average molecular weight is 300 g/mol. The van der Waals surface area contributed by atoms with Gasteiger partial charge in [0.05, 0.1) is 18.2 Å². The SMILES string of the molecule is O=C(N[C@H]1COC2(CCCCC2)C1)c1ccc2n[nH]nc2c1. The quantitative estimate of drug-likeness (QED) is 0.891. The first-order valence-corrected chi connectivity index (χ1v) is 8.00. The number of nitrogens with one attached hydrogen (secondary N) is 2. The van der Waals surface area contributed by atoms with Crippen LogP contribution < -0.4 is 5.32 Å². The molecule has 2 fully saturated rings. The highest BCUT2D eigenvalue weighted by atomic mass is 16.5. The molecular weight excluding hydrogens is 280 g/mol. The minimum absolute atomic E-state index is 0.0201. The predicted molar refractivity (Wildman–Crippen MR) is 81.5 cm³/mol. The van der Waals surface area contributed by atoms with Crippen LogP contribution in [-0.4, -0.2) is 39.6 Å². The van der Waals surface area contributed by atoms with Crippen molar-refractivity contribution in [1.82, 2.24) is 20.7 Å². The zero-order chi connectivity index (χ0) is 15.0. The number of aromatic nitrogens is 3. The van der Waals surface area contributed by atoms with Crippen molar-refractivity contribution in [3.05, 3.63) is 23.8 Å². The Morgan fingerprint density at radius 1 is 1.23 bits per heavy atom. The van der Waals surface area contributed by atoms with Gasteiger partial charge in [0.2, 0.25) is 0 Å². The first-order chi connectivity index (χ1) is 10.7. The van der Waals surface area contributed by atoms with Gasteiger partial charge < -0.3 is 10.1 Å². The lowest BCUT2D eigenvalue weighted by Gasteiger charge is -2.32. The van der Waals surface area contributed by atoms with Gasteiger partial charge in [-0.2, -0.15) is 15.4 Å². The second kappa shape index (κ2) is 5.35. The minimum atomic E-state index is -0.0636. The van der Waals surface area contributed by atoms with Gasteiger partial charge in [-0.05, 0) is 37.5 Å². The maximum atomic E-state index is 12.4. The number of H-pyrrole nitrogens is 1. The molecule has 116 valence electrons. The number of benzene rings is 1. The normalized spacial score (nSPS) is 23.9. The van der Waals surface area contributed by atoms with Crippen LogP contribution in [0.2, 0.25) is 0 Å². The van der Waals surface area contributed by atoms with E-state index in [1.165, 1.54) is 19.3 Å². The standard InChI is InChI=1S/C16H20N4O2/c21-15(11-4-5-13-14(8-11)19-20-18-13)17-12-9-16(22-10-12)6-2-1-3-7-16/h4-5,8,12H,1-3,6-7,9-10H2,(H,17,21)(H,18,19,20)/t12-/m1/s1. The summed E-state index contributed by atoms with van der Waals surface area (Å²) in [5.74, 6) is -0.0636. The van der Waals surface area contributed by atoms with Crippen molar-refractivity contribution in [2.24, 2.45) is 0 Å². The number of carbonyl (C=O) groups is 1. The van der Waals surface area contributed by atoms with Crippen molar-refractivity contribution < 1.29 is 9.53 Å². The Morgan fingerprint density at radius 2 is 2.05 bits per heavy atom. The van der Waals surface area contributed by atoms with Crippen LogP contribution in [0.25, 0.3) is 11.0 Å². The van der Waals surface area contributed by atoms with E-state index < -0.39 is 0 Å². The molecule has 1 saturated carbocycles. The van der Waals surface area contributed by atoms with E-state index in [2.05, 4.69) is 20.7 Å². The third-order valence-electron chi connectivity index (χ3n) is 4.89. The van der Waals surface area contributed by atoms with E-state index >= 15 is 0 Å². The summed E-state index contributed by atoms with van der Waals surface area (Å²) in [7, 11) is 0. The summed E-state index contributed by atoms with van der Waals surface area (Å²) in [5.41, 5.74) is 2.11. The smallest absolute Gasteiger partial charge is 0.251 e. The van der Waals surface area contributed by atoms with Gasteiger partial charge in [-0.15, -0.1) is 0 Å². The van der Waals surface area contributed by atoms with Gasteiger partial charge >= 0.3 is 0 Å². The third-order valence-corrected chi connectivity index (χ3v) is 4.89. The van der Waals surface area contributed by atoms with Crippen LogP contribution in [0.15, 0.2) is 18.2 Å². The number of rotatable bonds is 2. The van der Waals surface area contributed by atoms with Crippen LogP contribution in [0.4, 0.5) is 0 Å². The van der Waals surface area contributed by atoms with E-state index in [0.29, 0.717) is 17.7 Å². The van der Waals surface area contributed by atoms with Crippen LogP contribution in [0, 0.1) is 0 Å². The molecule has 4 rings (SSSR count). The fraction of sp³-hybridized carbons (Fsp3) is 0.562. The fourth-order valence-electron chi connectivity index (χ4n) is 3.73. The number of hydrogen-bond donors (Lipinski definition) is 2. The molecular formula is C16H20N4O2. The Labute approximate surface area is 128 Å². The molecule has 6 nitrogen and oxygen atoms in total. The molecule has 1 saturated heterocycles. The Kier molecular flexibility index (Phi) is 3.33. The lowest BCUT2D eigenvalue weighted by Crippen LogP contribution is -2.37. The van der Waals surface area contributed by atoms with Gasteiger partial charge in [-0.3, -0.25) is 4.79 Å². The molecule has 1 spiro atoms. The minimum Gasteiger partial charge on any atom is -0.373 e. The summed E-state index contributed by atoms with van der Waals surface area (Å²) in [5, 5.41) is 13.7. The lowest BCUT2D eigenvalue weighted by atomic mass is 9.82.